The van der Waals surface area contributed by atoms with Crippen LogP contribution in [0.4, 0.5) is 0 Å². The van der Waals surface area contributed by atoms with E-state index in [1.807, 2.05) is 13.1 Å². The van der Waals surface area contributed by atoms with Crippen LogP contribution in [0.5, 0.6) is 0 Å². The molecule has 0 fully saturated rings. The van der Waals surface area contributed by atoms with Crippen LogP contribution in [0.3, 0.4) is 0 Å². The Bertz CT molecular complexity index is 432. The van der Waals surface area contributed by atoms with Gasteiger partial charge in [-0.25, -0.2) is 8.42 Å². The molecular formula is C10H18N2O2S. The van der Waals surface area contributed by atoms with Crippen molar-refractivity contribution in [3.05, 3.63) is 17.5 Å². The Hall–Kier alpha value is -0.840. The Labute approximate surface area is 91.2 Å². The molecule has 0 atom stereocenters. The average Bonchev–Trinajstić information content (AvgIpc) is 2.42. The Kier molecular flexibility index (Phi) is 3.54. The molecule has 0 spiro atoms. The van der Waals surface area contributed by atoms with Crippen molar-refractivity contribution in [2.75, 3.05) is 12.0 Å². The molecule has 1 aromatic heterocycles. The summed E-state index contributed by atoms with van der Waals surface area (Å²) in [6.45, 7) is 6.59. The minimum absolute atomic E-state index is 0.144. The highest BCUT2D eigenvalue weighted by Crippen LogP contribution is 2.17. The summed E-state index contributed by atoms with van der Waals surface area (Å²) in [5, 5.41) is 4.29. The molecular weight excluding hydrogens is 212 g/mol. The van der Waals surface area contributed by atoms with E-state index in [9.17, 15) is 8.42 Å². The van der Waals surface area contributed by atoms with E-state index in [0.717, 1.165) is 5.69 Å². The molecule has 1 aromatic rings. The molecule has 1 rings (SSSR count). The van der Waals surface area contributed by atoms with Crippen molar-refractivity contribution < 1.29 is 8.42 Å². The van der Waals surface area contributed by atoms with Gasteiger partial charge in [0, 0.05) is 12.5 Å². The number of rotatable bonds is 4. The Balaban J connectivity index is 2.76. The summed E-state index contributed by atoms with van der Waals surface area (Å²) in [6.07, 6.45) is 3.18. The van der Waals surface area contributed by atoms with Crippen LogP contribution in [-0.2, 0) is 16.4 Å². The maximum Gasteiger partial charge on any atom is 0.149 e. The first-order valence-corrected chi connectivity index (χ1v) is 7.07. The van der Waals surface area contributed by atoms with Gasteiger partial charge in [-0.1, -0.05) is 13.8 Å². The molecule has 86 valence electrons. The molecule has 0 saturated heterocycles. The van der Waals surface area contributed by atoms with Gasteiger partial charge in [0.25, 0.3) is 0 Å². The second kappa shape index (κ2) is 4.35. The third-order valence-corrected chi connectivity index (χ3v) is 3.22. The Morgan fingerprint density at radius 3 is 2.47 bits per heavy atom. The number of hydrogen-bond donors (Lipinski definition) is 0. The third-order valence-electron chi connectivity index (χ3n) is 2.30. The molecule has 0 amide bonds. The van der Waals surface area contributed by atoms with Crippen LogP contribution in [0.2, 0.25) is 0 Å². The van der Waals surface area contributed by atoms with Crippen LogP contribution in [0.1, 0.15) is 31.0 Å². The van der Waals surface area contributed by atoms with Crippen LogP contribution in [0.25, 0.3) is 0 Å². The predicted molar refractivity (Wildman–Crippen MR) is 60.8 cm³/mol. The quantitative estimate of drug-likeness (QED) is 0.784. The van der Waals surface area contributed by atoms with Gasteiger partial charge in [0.05, 0.1) is 18.0 Å². The lowest BCUT2D eigenvalue weighted by atomic mass is 10.1. The molecule has 15 heavy (non-hydrogen) atoms. The van der Waals surface area contributed by atoms with Crippen LogP contribution in [0, 0.1) is 6.92 Å². The van der Waals surface area contributed by atoms with Crippen molar-refractivity contribution in [2.24, 2.45) is 0 Å². The zero-order valence-corrected chi connectivity index (χ0v) is 10.5. The summed E-state index contributed by atoms with van der Waals surface area (Å²) in [7, 11) is -2.91. The van der Waals surface area contributed by atoms with Gasteiger partial charge in [0.2, 0.25) is 0 Å². The first-order valence-electron chi connectivity index (χ1n) is 5.01. The molecule has 0 saturated carbocycles. The first-order chi connectivity index (χ1) is 6.79. The monoisotopic (exact) mass is 230 g/mol. The summed E-state index contributed by atoms with van der Waals surface area (Å²) in [5.41, 5.74) is 2.17. The van der Waals surface area contributed by atoms with E-state index in [1.54, 1.807) is 4.68 Å². The zero-order valence-electron chi connectivity index (χ0n) is 9.69. The highest BCUT2D eigenvalue weighted by molar-refractivity contribution is 7.90. The zero-order chi connectivity index (χ0) is 11.6. The molecule has 0 aliphatic rings. The van der Waals surface area contributed by atoms with E-state index >= 15 is 0 Å². The van der Waals surface area contributed by atoms with E-state index in [2.05, 4.69) is 18.9 Å². The van der Waals surface area contributed by atoms with E-state index in [0.29, 0.717) is 12.5 Å². The van der Waals surface area contributed by atoms with Crippen molar-refractivity contribution in [1.29, 1.82) is 0 Å². The average molecular weight is 230 g/mol. The molecule has 0 radical (unpaired) electrons. The molecule has 0 aliphatic carbocycles. The lowest BCUT2D eigenvalue weighted by molar-refractivity contribution is 0.585. The molecule has 0 bridgehead atoms. The molecule has 0 aromatic carbocycles. The maximum atomic E-state index is 11.0. The topological polar surface area (TPSA) is 52.0 Å². The Morgan fingerprint density at radius 1 is 1.47 bits per heavy atom. The van der Waals surface area contributed by atoms with Gasteiger partial charge in [-0.2, -0.15) is 5.10 Å². The standard InChI is InChI=1S/C10H18N2O2S/c1-8(2)10-7-12(11-9(10)3)5-6-15(4,13)14/h7-8H,5-6H2,1-4H3. The number of hydrogen-bond acceptors (Lipinski definition) is 3. The van der Waals surface area contributed by atoms with Crippen molar-refractivity contribution in [3.63, 3.8) is 0 Å². The normalized spacial score (nSPS) is 12.3. The van der Waals surface area contributed by atoms with Crippen LogP contribution >= 0.6 is 0 Å². The fourth-order valence-corrected chi connectivity index (χ4v) is 1.99. The van der Waals surface area contributed by atoms with Crippen LogP contribution in [-0.4, -0.2) is 30.2 Å². The fraction of sp³-hybridized carbons (Fsp3) is 0.700. The summed E-state index contributed by atoms with van der Waals surface area (Å²) < 4.78 is 23.7. The van der Waals surface area contributed by atoms with E-state index in [1.165, 1.54) is 11.8 Å². The highest BCUT2D eigenvalue weighted by Gasteiger charge is 2.09. The van der Waals surface area contributed by atoms with Gasteiger partial charge in [-0.05, 0) is 18.4 Å². The third kappa shape index (κ3) is 3.66. The van der Waals surface area contributed by atoms with Crippen molar-refractivity contribution in [1.82, 2.24) is 9.78 Å². The highest BCUT2D eigenvalue weighted by atomic mass is 32.2. The summed E-state index contributed by atoms with van der Waals surface area (Å²) in [4.78, 5) is 0. The largest absolute Gasteiger partial charge is 0.271 e. The van der Waals surface area contributed by atoms with Gasteiger partial charge in [-0.15, -0.1) is 0 Å². The van der Waals surface area contributed by atoms with Gasteiger partial charge >= 0.3 is 0 Å². The summed E-state index contributed by atoms with van der Waals surface area (Å²) >= 11 is 0. The molecule has 1 heterocycles. The second-order valence-corrected chi connectivity index (χ2v) is 6.48. The van der Waals surface area contributed by atoms with Crippen molar-refractivity contribution in [2.45, 2.75) is 33.2 Å². The summed E-state index contributed by atoms with van der Waals surface area (Å²) in [6, 6.07) is 0. The second-order valence-electron chi connectivity index (χ2n) is 4.22. The van der Waals surface area contributed by atoms with Gasteiger partial charge in [0.15, 0.2) is 0 Å². The van der Waals surface area contributed by atoms with E-state index < -0.39 is 9.84 Å². The number of aromatic nitrogens is 2. The van der Waals surface area contributed by atoms with Gasteiger partial charge < -0.3 is 0 Å². The number of nitrogens with zero attached hydrogens (tertiary/aromatic N) is 2. The predicted octanol–water partition coefficient (Wildman–Crippen LogP) is 1.36. The summed E-state index contributed by atoms with van der Waals surface area (Å²) in [5.74, 6) is 0.572. The number of sulfone groups is 1. The fourth-order valence-electron chi connectivity index (χ4n) is 1.47. The molecule has 0 unspecified atom stereocenters. The van der Waals surface area contributed by atoms with Gasteiger partial charge in [0.1, 0.15) is 9.84 Å². The van der Waals surface area contributed by atoms with Crippen molar-refractivity contribution >= 4 is 9.84 Å². The molecule has 5 heteroatoms. The van der Waals surface area contributed by atoms with Crippen LogP contribution < -0.4 is 0 Å². The van der Waals surface area contributed by atoms with E-state index in [-0.39, 0.29) is 5.75 Å². The SMILES string of the molecule is Cc1nn(CCS(C)(=O)=O)cc1C(C)C. The minimum Gasteiger partial charge on any atom is -0.271 e. The van der Waals surface area contributed by atoms with Crippen LogP contribution in [0.15, 0.2) is 6.20 Å². The molecule has 0 aliphatic heterocycles. The van der Waals surface area contributed by atoms with Crippen molar-refractivity contribution in [3.8, 4) is 0 Å². The minimum atomic E-state index is -2.91. The lowest BCUT2D eigenvalue weighted by Gasteiger charge is -2.00. The molecule has 0 N–H and O–H groups in total. The number of aryl methyl sites for hydroxylation is 2. The lowest BCUT2D eigenvalue weighted by Crippen LogP contribution is -2.11. The first kappa shape index (κ1) is 12.2. The van der Waals surface area contributed by atoms with Gasteiger partial charge in [-0.3, -0.25) is 4.68 Å². The van der Waals surface area contributed by atoms with E-state index in [4.69, 9.17) is 0 Å². The molecule has 4 nitrogen and oxygen atoms in total. The maximum absolute atomic E-state index is 11.0. The Morgan fingerprint density at radius 2 is 2.07 bits per heavy atom. The smallest absolute Gasteiger partial charge is 0.149 e.